The smallest absolute Gasteiger partial charge is 0.296 e. The minimum atomic E-state index is -1.19. The van der Waals surface area contributed by atoms with Gasteiger partial charge in [-0.1, -0.05) is 48.6 Å². The first-order valence-corrected chi connectivity index (χ1v) is 10.3. The molecule has 6 heteroatoms. The summed E-state index contributed by atoms with van der Waals surface area (Å²) in [6.45, 7) is 0. The molecule has 0 saturated heterocycles. The number of amides is 1. The maximum atomic E-state index is 13.4. The Bertz CT molecular complexity index is 1160. The molecule has 2 aromatic carbocycles. The lowest BCUT2D eigenvalue weighted by Crippen LogP contribution is -2.64. The predicted molar refractivity (Wildman–Crippen MR) is 118 cm³/mol. The van der Waals surface area contributed by atoms with E-state index in [0.717, 1.165) is 29.3 Å². The van der Waals surface area contributed by atoms with E-state index in [4.69, 9.17) is 17.3 Å². The van der Waals surface area contributed by atoms with Gasteiger partial charge in [0.1, 0.15) is 5.54 Å². The summed E-state index contributed by atoms with van der Waals surface area (Å²) < 4.78 is 0. The normalized spacial score (nSPS) is 20.9. The Morgan fingerprint density at radius 3 is 2.73 bits per heavy atom. The molecule has 1 aromatic heterocycles. The van der Waals surface area contributed by atoms with Gasteiger partial charge in [0.25, 0.3) is 5.91 Å². The maximum Gasteiger partial charge on any atom is 0.296 e. The molecule has 2 atom stereocenters. The van der Waals surface area contributed by atoms with Crippen molar-refractivity contribution in [1.82, 2.24) is 10.3 Å². The molecule has 1 aliphatic carbocycles. The number of aromatic nitrogens is 1. The van der Waals surface area contributed by atoms with E-state index in [1.54, 1.807) is 18.2 Å². The van der Waals surface area contributed by atoms with Gasteiger partial charge < -0.3 is 16.0 Å². The van der Waals surface area contributed by atoms with Crippen LogP contribution in [0.4, 0.5) is 0 Å². The summed E-state index contributed by atoms with van der Waals surface area (Å²) in [5.74, 6) is 4.79. The van der Waals surface area contributed by atoms with Crippen molar-refractivity contribution in [2.45, 2.75) is 37.3 Å². The third kappa shape index (κ3) is 4.11. The van der Waals surface area contributed by atoms with Crippen molar-refractivity contribution >= 4 is 34.2 Å². The third-order valence-corrected chi connectivity index (χ3v) is 5.84. The van der Waals surface area contributed by atoms with E-state index in [-0.39, 0.29) is 5.78 Å². The molecule has 1 saturated carbocycles. The van der Waals surface area contributed by atoms with E-state index in [1.165, 1.54) is 0 Å². The van der Waals surface area contributed by atoms with E-state index in [1.807, 2.05) is 36.4 Å². The zero-order valence-electron chi connectivity index (χ0n) is 16.4. The minimum absolute atomic E-state index is 0.212. The van der Waals surface area contributed by atoms with Crippen LogP contribution in [-0.2, 0) is 4.79 Å². The lowest BCUT2D eigenvalue weighted by Gasteiger charge is -2.39. The van der Waals surface area contributed by atoms with E-state index in [2.05, 4.69) is 22.1 Å². The van der Waals surface area contributed by atoms with Crippen LogP contribution >= 0.6 is 11.6 Å². The molecule has 1 fully saturated rings. The number of fused-ring (bicyclic) bond motifs is 1. The zero-order valence-corrected chi connectivity index (χ0v) is 17.1. The molecule has 152 valence electrons. The third-order valence-electron chi connectivity index (χ3n) is 5.60. The van der Waals surface area contributed by atoms with Crippen LogP contribution < -0.4 is 11.1 Å². The van der Waals surface area contributed by atoms with Gasteiger partial charge in [0.05, 0.1) is 11.7 Å². The average molecular weight is 420 g/mol. The van der Waals surface area contributed by atoms with Gasteiger partial charge >= 0.3 is 0 Å². The first-order chi connectivity index (χ1) is 14.5. The monoisotopic (exact) mass is 419 g/mol. The molecule has 4 rings (SSSR count). The number of Topliss-reactive ketones (excluding diaryl/α,β-unsaturated/α-hetero) is 1. The number of hydrogen-bond acceptors (Lipinski definition) is 3. The molecule has 0 radical (unpaired) electrons. The Kier molecular flexibility index (Phi) is 5.63. The van der Waals surface area contributed by atoms with E-state index in [9.17, 15) is 9.59 Å². The van der Waals surface area contributed by atoms with Crippen LogP contribution in [0.5, 0.6) is 0 Å². The summed E-state index contributed by atoms with van der Waals surface area (Å²) in [4.78, 5) is 28.9. The van der Waals surface area contributed by atoms with Gasteiger partial charge in [0, 0.05) is 27.4 Å². The van der Waals surface area contributed by atoms with Gasteiger partial charge in [-0.05, 0) is 49.2 Å². The second-order valence-corrected chi connectivity index (χ2v) is 8.11. The van der Waals surface area contributed by atoms with Crippen molar-refractivity contribution in [2.24, 2.45) is 5.73 Å². The van der Waals surface area contributed by atoms with Crippen molar-refractivity contribution in [2.75, 3.05) is 0 Å². The predicted octanol–water partition coefficient (Wildman–Crippen LogP) is 3.81. The molecule has 1 heterocycles. The molecule has 0 bridgehead atoms. The van der Waals surface area contributed by atoms with Crippen LogP contribution in [-0.4, -0.2) is 28.3 Å². The fourth-order valence-corrected chi connectivity index (χ4v) is 4.17. The Morgan fingerprint density at radius 2 is 1.93 bits per heavy atom. The summed E-state index contributed by atoms with van der Waals surface area (Å²) in [6, 6.07) is 16.0. The van der Waals surface area contributed by atoms with Crippen molar-refractivity contribution < 1.29 is 9.59 Å². The topological polar surface area (TPSA) is 88.0 Å². The molecule has 5 nitrogen and oxygen atoms in total. The summed E-state index contributed by atoms with van der Waals surface area (Å²) in [5, 5.41) is 4.33. The number of benzene rings is 2. The van der Waals surface area contributed by atoms with Crippen molar-refractivity contribution in [3.05, 3.63) is 70.9 Å². The second kappa shape index (κ2) is 8.35. The first-order valence-electron chi connectivity index (χ1n) is 9.95. The van der Waals surface area contributed by atoms with Gasteiger partial charge in [0.2, 0.25) is 5.78 Å². The Morgan fingerprint density at radius 1 is 1.13 bits per heavy atom. The standard InChI is InChI=1S/C24H22ClN3O2/c25-18-10-11-19-17(14-18)15-20(27-19)23(30)24(26)13-5-4-8-21(24)28-22(29)12-9-16-6-2-1-3-7-16/h1-3,6-7,10-11,14-15,21,27H,4-5,8,13,26H2,(H,28,29). The van der Waals surface area contributed by atoms with Crippen molar-refractivity contribution in [3.8, 4) is 11.8 Å². The van der Waals surface area contributed by atoms with Crippen LogP contribution in [0, 0.1) is 11.8 Å². The fourth-order valence-electron chi connectivity index (χ4n) is 3.99. The van der Waals surface area contributed by atoms with Crippen LogP contribution in [0.3, 0.4) is 0 Å². The number of aromatic amines is 1. The highest BCUT2D eigenvalue weighted by molar-refractivity contribution is 6.31. The lowest BCUT2D eigenvalue weighted by molar-refractivity contribution is -0.116. The summed E-state index contributed by atoms with van der Waals surface area (Å²) in [7, 11) is 0. The highest BCUT2D eigenvalue weighted by Crippen LogP contribution is 2.31. The molecule has 0 spiro atoms. The van der Waals surface area contributed by atoms with Crippen molar-refractivity contribution in [3.63, 3.8) is 0 Å². The quantitative estimate of drug-likeness (QED) is 0.445. The van der Waals surface area contributed by atoms with Crippen LogP contribution in [0.1, 0.15) is 41.7 Å². The zero-order chi connectivity index (χ0) is 21.1. The average Bonchev–Trinajstić information content (AvgIpc) is 3.17. The molecule has 3 aromatic rings. The number of halogens is 1. The van der Waals surface area contributed by atoms with Crippen LogP contribution in [0.15, 0.2) is 54.6 Å². The number of nitrogens with two attached hydrogens (primary N) is 1. The van der Waals surface area contributed by atoms with Gasteiger partial charge in [-0.15, -0.1) is 0 Å². The highest BCUT2D eigenvalue weighted by atomic mass is 35.5. The van der Waals surface area contributed by atoms with E-state index < -0.39 is 17.5 Å². The molecule has 1 aliphatic rings. The van der Waals surface area contributed by atoms with E-state index in [0.29, 0.717) is 23.6 Å². The summed E-state index contributed by atoms with van der Waals surface area (Å²) in [6.07, 6.45) is 2.86. The molecular formula is C24H22ClN3O2. The second-order valence-electron chi connectivity index (χ2n) is 7.67. The number of rotatable bonds is 3. The molecule has 2 unspecified atom stereocenters. The van der Waals surface area contributed by atoms with Gasteiger partial charge in [-0.25, -0.2) is 0 Å². The number of hydrogen-bond donors (Lipinski definition) is 3. The lowest BCUT2D eigenvalue weighted by atomic mass is 9.74. The van der Waals surface area contributed by atoms with Gasteiger partial charge in [-0.2, -0.15) is 0 Å². The van der Waals surface area contributed by atoms with E-state index >= 15 is 0 Å². The van der Waals surface area contributed by atoms with Gasteiger partial charge in [-0.3, -0.25) is 9.59 Å². The molecule has 1 amide bonds. The SMILES string of the molecule is NC1(C(=O)c2cc3cc(Cl)ccc3[nH]2)CCCCC1NC(=O)C#Cc1ccccc1. The Labute approximate surface area is 180 Å². The summed E-state index contributed by atoms with van der Waals surface area (Å²) >= 11 is 6.05. The van der Waals surface area contributed by atoms with Crippen LogP contribution in [0.25, 0.3) is 10.9 Å². The van der Waals surface area contributed by atoms with Crippen molar-refractivity contribution in [1.29, 1.82) is 0 Å². The fraction of sp³-hybridized carbons (Fsp3) is 0.250. The summed E-state index contributed by atoms with van der Waals surface area (Å²) in [5.41, 5.74) is 7.43. The number of H-pyrrole nitrogens is 1. The highest BCUT2D eigenvalue weighted by Gasteiger charge is 2.45. The molecule has 0 aliphatic heterocycles. The first kappa shape index (κ1) is 20.2. The molecular weight excluding hydrogens is 398 g/mol. The minimum Gasteiger partial charge on any atom is -0.352 e. The number of ketones is 1. The Balaban J connectivity index is 1.56. The largest absolute Gasteiger partial charge is 0.352 e. The number of nitrogens with one attached hydrogen (secondary N) is 2. The van der Waals surface area contributed by atoms with Crippen LogP contribution in [0.2, 0.25) is 5.02 Å². The number of carbonyl (C=O) groups excluding carboxylic acids is 2. The molecule has 4 N–H and O–H groups in total. The molecule has 30 heavy (non-hydrogen) atoms. The Hall–Kier alpha value is -3.07. The van der Waals surface area contributed by atoms with Gasteiger partial charge in [0.15, 0.2) is 0 Å². The maximum absolute atomic E-state index is 13.4. The number of carbonyl (C=O) groups is 2.